The van der Waals surface area contributed by atoms with Crippen molar-refractivity contribution < 1.29 is 13.5 Å². The van der Waals surface area contributed by atoms with E-state index in [0.29, 0.717) is 8.95 Å². The minimum atomic E-state index is -3.88. The van der Waals surface area contributed by atoms with Gasteiger partial charge in [0.05, 0.1) is 10.7 Å². The standard InChI is InChI=1S/C12H8Br2ClNO3S/c13-7-2-4-12(9(15)5-7)20(18,19)16-10-6-8(14)1-3-11(10)17/h1-6,16-17H. The van der Waals surface area contributed by atoms with Crippen molar-refractivity contribution in [1.29, 1.82) is 0 Å². The molecule has 0 bridgehead atoms. The van der Waals surface area contributed by atoms with Gasteiger partial charge in [-0.3, -0.25) is 4.72 Å². The van der Waals surface area contributed by atoms with E-state index in [2.05, 4.69) is 36.6 Å². The van der Waals surface area contributed by atoms with Gasteiger partial charge < -0.3 is 5.11 Å². The first-order valence-corrected chi connectivity index (χ1v) is 8.71. The van der Waals surface area contributed by atoms with Gasteiger partial charge in [0, 0.05) is 8.95 Å². The van der Waals surface area contributed by atoms with E-state index >= 15 is 0 Å². The molecule has 8 heteroatoms. The monoisotopic (exact) mass is 439 g/mol. The van der Waals surface area contributed by atoms with Crippen molar-refractivity contribution in [3.63, 3.8) is 0 Å². The number of anilines is 1. The predicted octanol–water partition coefficient (Wildman–Crippen LogP) is 4.37. The van der Waals surface area contributed by atoms with Crippen molar-refractivity contribution in [3.05, 3.63) is 50.4 Å². The number of nitrogens with one attached hydrogen (secondary N) is 1. The van der Waals surface area contributed by atoms with Gasteiger partial charge >= 0.3 is 0 Å². The maximum atomic E-state index is 12.3. The molecule has 0 spiro atoms. The van der Waals surface area contributed by atoms with Crippen molar-refractivity contribution in [2.75, 3.05) is 4.72 Å². The molecular weight excluding hydrogens is 433 g/mol. The minimum Gasteiger partial charge on any atom is -0.506 e. The smallest absolute Gasteiger partial charge is 0.263 e. The quantitative estimate of drug-likeness (QED) is 0.695. The van der Waals surface area contributed by atoms with Crippen molar-refractivity contribution in [1.82, 2.24) is 0 Å². The molecule has 0 aliphatic heterocycles. The number of rotatable bonds is 3. The Balaban J connectivity index is 2.43. The second-order valence-electron chi connectivity index (χ2n) is 3.84. The van der Waals surface area contributed by atoms with Gasteiger partial charge in [0.1, 0.15) is 10.6 Å². The van der Waals surface area contributed by atoms with E-state index in [1.54, 1.807) is 12.1 Å². The molecular formula is C12H8Br2ClNO3S. The average molecular weight is 442 g/mol. The molecule has 0 atom stereocenters. The van der Waals surface area contributed by atoms with Gasteiger partial charge in [-0.15, -0.1) is 0 Å². The lowest BCUT2D eigenvalue weighted by Gasteiger charge is -2.11. The second kappa shape index (κ2) is 5.93. The highest BCUT2D eigenvalue weighted by atomic mass is 79.9. The molecule has 106 valence electrons. The largest absolute Gasteiger partial charge is 0.506 e. The molecule has 0 aliphatic rings. The number of phenolic OH excluding ortho intramolecular Hbond substituents is 1. The maximum Gasteiger partial charge on any atom is 0.263 e. The molecule has 0 unspecified atom stereocenters. The molecule has 4 nitrogen and oxygen atoms in total. The molecule has 2 aromatic carbocycles. The third-order valence-electron chi connectivity index (χ3n) is 2.39. The number of hydrogen-bond donors (Lipinski definition) is 2. The van der Waals surface area contributed by atoms with Crippen LogP contribution < -0.4 is 4.72 Å². The lowest BCUT2D eigenvalue weighted by Crippen LogP contribution is -2.13. The third kappa shape index (κ3) is 3.46. The Morgan fingerprint density at radius 1 is 1.05 bits per heavy atom. The number of halogens is 3. The van der Waals surface area contributed by atoms with Crippen molar-refractivity contribution in [3.8, 4) is 5.75 Å². The topological polar surface area (TPSA) is 66.4 Å². The SMILES string of the molecule is O=S(=O)(Nc1cc(Br)ccc1O)c1ccc(Br)cc1Cl. The third-order valence-corrected chi connectivity index (χ3v) is 5.22. The fraction of sp³-hybridized carbons (Fsp3) is 0. The van der Waals surface area contributed by atoms with Crippen LogP contribution in [0.25, 0.3) is 0 Å². The Morgan fingerprint density at radius 2 is 1.65 bits per heavy atom. The summed E-state index contributed by atoms with van der Waals surface area (Å²) in [4.78, 5) is -0.0678. The predicted molar refractivity (Wildman–Crippen MR) is 85.8 cm³/mol. The molecule has 0 heterocycles. The number of sulfonamides is 1. The van der Waals surface area contributed by atoms with Crippen LogP contribution in [0, 0.1) is 0 Å². The maximum absolute atomic E-state index is 12.3. The second-order valence-corrected chi connectivity index (χ2v) is 7.73. The fourth-order valence-corrected chi connectivity index (χ4v) is 3.95. The molecule has 2 aromatic rings. The molecule has 2 N–H and O–H groups in total. The van der Waals surface area contributed by atoms with Crippen LogP contribution in [-0.4, -0.2) is 13.5 Å². The number of aromatic hydroxyl groups is 1. The number of benzene rings is 2. The van der Waals surface area contributed by atoms with E-state index in [1.165, 1.54) is 24.3 Å². The molecule has 0 saturated carbocycles. The summed E-state index contributed by atoms with van der Waals surface area (Å²) < 4.78 is 28.1. The lowest BCUT2D eigenvalue weighted by molar-refractivity contribution is 0.477. The van der Waals surface area contributed by atoms with Crippen molar-refractivity contribution in [2.24, 2.45) is 0 Å². The van der Waals surface area contributed by atoms with Crippen molar-refractivity contribution >= 4 is 59.2 Å². The van der Waals surface area contributed by atoms with Gasteiger partial charge in [-0.05, 0) is 36.4 Å². The number of phenols is 1. The molecule has 0 saturated heterocycles. The first-order valence-electron chi connectivity index (χ1n) is 5.26. The summed E-state index contributed by atoms with van der Waals surface area (Å²) >= 11 is 12.3. The fourth-order valence-electron chi connectivity index (χ4n) is 1.48. The Morgan fingerprint density at radius 3 is 2.30 bits per heavy atom. The zero-order valence-corrected chi connectivity index (χ0v) is 14.5. The Hall–Kier alpha value is -0.760. The summed E-state index contributed by atoms with van der Waals surface area (Å²) in [6.07, 6.45) is 0. The molecule has 2 rings (SSSR count). The molecule has 0 amide bonds. The Labute approximate surface area is 138 Å². The van der Waals surface area contributed by atoms with E-state index in [4.69, 9.17) is 11.6 Å². The zero-order chi connectivity index (χ0) is 14.9. The zero-order valence-electron chi connectivity index (χ0n) is 9.77. The summed E-state index contributed by atoms with van der Waals surface area (Å²) in [6, 6.07) is 8.87. The summed E-state index contributed by atoms with van der Waals surface area (Å²) in [5.74, 6) is -0.176. The Kier molecular flexibility index (Phi) is 4.63. The summed E-state index contributed by atoms with van der Waals surface area (Å²) in [5, 5.41) is 9.75. The molecule has 0 aromatic heterocycles. The molecule has 0 aliphatic carbocycles. The summed E-state index contributed by atoms with van der Waals surface area (Å²) in [6.45, 7) is 0. The highest BCUT2D eigenvalue weighted by Crippen LogP contribution is 2.31. The van der Waals surface area contributed by atoms with Crippen LogP contribution in [0.3, 0.4) is 0 Å². The number of hydrogen-bond acceptors (Lipinski definition) is 3. The molecule has 20 heavy (non-hydrogen) atoms. The van der Waals surface area contributed by atoms with Gasteiger partial charge in [0.15, 0.2) is 0 Å². The summed E-state index contributed by atoms with van der Waals surface area (Å²) in [7, 11) is -3.88. The van der Waals surface area contributed by atoms with Gasteiger partial charge in [0.25, 0.3) is 10.0 Å². The van der Waals surface area contributed by atoms with Gasteiger partial charge in [-0.2, -0.15) is 0 Å². The highest BCUT2D eigenvalue weighted by molar-refractivity contribution is 9.10. The van der Waals surface area contributed by atoms with Crippen LogP contribution in [0.15, 0.2) is 50.2 Å². The molecule has 0 radical (unpaired) electrons. The van der Waals surface area contributed by atoms with Crippen LogP contribution >= 0.6 is 43.5 Å². The van der Waals surface area contributed by atoms with Gasteiger partial charge in [0.2, 0.25) is 0 Å². The first-order chi connectivity index (χ1) is 9.29. The van der Waals surface area contributed by atoms with E-state index in [1.807, 2.05) is 0 Å². The van der Waals surface area contributed by atoms with Crippen LogP contribution in [-0.2, 0) is 10.0 Å². The summed E-state index contributed by atoms with van der Waals surface area (Å²) in [5.41, 5.74) is 0.0679. The van der Waals surface area contributed by atoms with Crippen LogP contribution in [0.2, 0.25) is 5.02 Å². The first kappa shape index (κ1) is 15.6. The minimum absolute atomic E-state index is 0.0678. The van der Waals surface area contributed by atoms with E-state index in [-0.39, 0.29) is 21.4 Å². The van der Waals surface area contributed by atoms with E-state index in [9.17, 15) is 13.5 Å². The Bertz CT molecular complexity index is 765. The van der Waals surface area contributed by atoms with E-state index in [0.717, 1.165) is 0 Å². The van der Waals surface area contributed by atoms with Gasteiger partial charge in [-0.25, -0.2) is 8.42 Å². The molecule has 0 fully saturated rings. The van der Waals surface area contributed by atoms with Crippen LogP contribution in [0.1, 0.15) is 0 Å². The normalized spacial score (nSPS) is 11.3. The van der Waals surface area contributed by atoms with Crippen LogP contribution in [0.4, 0.5) is 5.69 Å². The van der Waals surface area contributed by atoms with Crippen LogP contribution in [0.5, 0.6) is 5.75 Å². The average Bonchev–Trinajstić information content (AvgIpc) is 2.33. The van der Waals surface area contributed by atoms with Crippen molar-refractivity contribution in [2.45, 2.75) is 4.90 Å². The van der Waals surface area contributed by atoms with E-state index < -0.39 is 10.0 Å². The lowest BCUT2D eigenvalue weighted by atomic mass is 10.3. The highest BCUT2D eigenvalue weighted by Gasteiger charge is 2.19. The van der Waals surface area contributed by atoms with Gasteiger partial charge in [-0.1, -0.05) is 43.5 Å².